The molecule has 3 heterocycles. The lowest BCUT2D eigenvalue weighted by molar-refractivity contribution is 0.401. The molecule has 4 aromatic rings. The zero-order valence-corrected chi connectivity index (χ0v) is 16.9. The van der Waals surface area contributed by atoms with Crippen LogP contribution in [0.25, 0.3) is 11.0 Å². The number of aromatic nitrogens is 6. The van der Waals surface area contributed by atoms with Crippen molar-refractivity contribution in [2.24, 2.45) is 0 Å². The van der Waals surface area contributed by atoms with E-state index in [0.29, 0.717) is 11.6 Å². The average Bonchev–Trinajstić information content (AvgIpc) is 3.14. The number of nitrogens with zero attached hydrogens (tertiary/aromatic N) is 6. The van der Waals surface area contributed by atoms with Crippen LogP contribution in [-0.2, 0) is 0 Å². The summed E-state index contributed by atoms with van der Waals surface area (Å²) in [5.41, 5.74) is 0.738. The van der Waals surface area contributed by atoms with Crippen LogP contribution in [0.2, 0.25) is 0 Å². The predicted octanol–water partition coefficient (Wildman–Crippen LogP) is 3.48. The number of H-pyrrole nitrogens is 1. The van der Waals surface area contributed by atoms with E-state index in [1.807, 2.05) is 31.5 Å². The van der Waals surface area contributed by atoms with Gasteiger partial charge >= 0.3 is 0 Å². The Morgan fingerprint density at radius 1 is 1.19 bits per heavy atom. The molecule has 1 aliphatic rings. The molecule has 1 N–H and O–H groups in total. The Morgan fingerprint density at radius 3 is 2.52 bits per heavy atom. The largest absolute Gasteiger partial charge is 0.312 e. The first-order valence-electron chi connectivity index (χ1n) is 9.97. The van der Waals surface area contributed by atoms with Crippen LogP contribution in [0.5, 0.6) is 0 Å². The highest BCUT2D eigenvalue weighted by molar-refractivity contribution is 5.79. The lowest BCUT2D eigenvalue weighted by Gasteiger charge is -2.22. The second-order valence-corrected chi connectivity index (χ2v) is 7.30. The van der Waals surface area contributed by atoms with E-state index in [9.17, 15) is 9.18 Å². The Morgan fingerprint density at radius 2 is 1.90 bits per heavy atom. The van der Waals surface area contributed by atoms with Crippen LogP contribution in [0.3, 0.4) is 0 Å². The predicted molar refractivity (Wildman–Crippen MR) is 112 cm³/mol. The van der Waals surface area contributed by atoms with Crippen molar-refractivity contribution in [2.75, 3.05) is 0 Å². The molecule has 0 unspecified atom stereocenters. The number of aromatic amines is 1. The molecular formula is C22H20FN7O. The molecule has 8 nitrogen and oxygen atoms in total. The maximum absolute atomic E-state index is 13.0. The van der Waals surface area contributed by atoms with Crippen LogP contribution in [0, 0.1) is 17.1 Å². The molecule has 3 aromatic heterocycles. The van der Waals surface area contributed by atoms with Crippen molar-refractivity contribution in [2.45, 2.75) is 38.1 Å². The van der Waals surface area contributed by atoms with Gasteiger partial charge in [0, 0.05) is 18.3 Å². The maximum Gasteiger partial charge on any atom is 0.263 e. The summed E-state index contributed by atoms with van der Waals surface area (Å²) in [6.45, 7) is 1.84. The Labute approximate surface area is 177 Å². The topological polar surface area (TPSA) is 113 Å². The highest BCUT2D eigenvalue weighted by atomic mass is 19.1. The summed E-state index contributed by atoms with van der Waals surface area (Å²) >= 11 is 0. The summed E-state index contributed by atoms with van der Waals surface area (Å²) in [6.07, 6.45) is 8.82. The molecule has 1 aromatic carbocycles. The molecule has 1 aliphatic carbocycles. The SMILES string of the molecule is C[C@H](c1ccc(F)cc1)n1nc(C#N)c2c(=O)[nH]cnc21.c1cnc(C2CCC2)nc1. The molecule has 0 bridgehead atoms. The number of nitriles is 1. The lowest BCUT2D eigenvalue weighted by Crippen LogP contribution is -2.11. The number of halogens is 1. The second-order valence-electron chi connectivity index (χ2n) is 7.30. The highest BCUT2D eigenvalue weighted by Gasteiger charge is 2.21. The molecule has 31 heavy (non-hydrogen) atoms. The van der Waals surface area contributed by atoms with E-state index in [1.165, 1.54) is 42.4 Å². The molecule has 156 valence electrons. The van der Waals surface area contributed by atoms with Gasteiger partial charge in [0.15, 0.2) is 11.3 Å². The van der Waals surface area contributed by atoms with Crippen molar-refractivity contribution < 1.29 is 4.39 Å². The molecule has 1 fully saturated rings. The van der Waals surface area contributed by atoms with E-state index in [0.717, 1.165) is 11.4 Å². The van der Waals surface area contributed by atoms with Crippen LogP contribution in [0.1, 0.15) is 55.2 Å². The number of benzene rings is 1. The number of hydrogen-bond acceptors (Lipinski definition) is 6. The first-order chi connectivity index (χ1) is 15.1. The Hall–Kier alpha value is -3.93. The number of nitrogens with one attached hydrogen (secondary N) is 1. The standard InChI is InChI=1S/C14H10FN5O.C8H10N2/c1-8(9-2-4-10(15)5-3-9)20-13-12(11(6-16)19-20)14(21)18-7-17-13;1-3-7(4-1)8-9-5-2-6-10-8/h2-5,7-8H,1H3,(H,17,18,21);2,5-7H,1,3-4H2/t8-;/m1./s1. The third-order valence-corrected chi connectivity index (χ3v) is 5.38. The van der Waals surface area contributed by atoms with Gasteiger partial charge in [0.1, 0.15) is 23.1 Å². The second kappa shape index (κ2) is 8.83. The van der Waals surface area contributed by atoms with Gasteiger partial charge in [-0.3, -0.25) is 4.79 Å². The van der Waals surface area contributed by atoms with Crippen molar-refractivity contribution in [1.82, 2.24) is 29.7 Å². The van der Waals surface area contributed by atoms with Crippen LogP contribution in [0.4, 0.5) is 4.39 Å². The maximum atomic E-state index is 13.0. The van der Waals surface area contributed by atoms with Gasteiger partial charge in [0.25, 0.3) is 5.56 Å². The van der Waals surface area contributed by atoms with Crippen molar-refractivity contribution >= 4 is 11.0 Å². The van der Waals surface area contributed by atoms with Crippen molar-refractivity contribution in [3.8, 4) is 6.07 Å². The van der Waals surface area contributed by atoms with Gasteiger partial charge in [0.2, 0.25) is 0 Å². The van der Waals surface area contributed by atoms with Gasteiger partial charge < -0.3 is 4.98 Å². The molecule has 0 radical (unpaired) electrons. The zero-order chi connectivity index (χ0) is 21.8. The van der Waals surface area contributed by atoms with Crippen molar-refractivity contribution in [3.63, 3.8) is 0 Å². The van der Waals surface area contributed by atoms with Crippen LogP contribution >= 0.6 is 0 Å². The molecule has 1 atom stereocenters. The number of hydrogen-bond donors (Lipinski definition) is 1. The third-order valence-electron chi connectivity index (χ3n) is 5.38. The van der Waals surface area contributed by atoms with E-state index < -0.39 is 5.56 Å². The third kappa shape index (κ3) is 4.19. The fraction of sp³-hybridized carbons (Fsp3) is 0.273. The Balaban J connectivity index is 0.000000192. The first kappa shape index (κ1) is 20.3. The van der Waals surface area contributed by atoms with E-state index >= 15 is 0 Å². The van der Waals surface area contributed by atoms with Crippen molar-refractivity contribution in [3.05, 3.63) is 82.3 Å². The van der Waals surface area contributed by atoms with E-state index in [-0.39, 0.29) is 22.9 Å². The van der Waals surface area contributed by atoms with Crippen molar-refractivity contribution in [1.29, 1.82) is 5.26 Å². The van der Waals surface area contributed by atoms with Crippen LogP contribution in [-0.4, -0.2) is 29.7 Å². The Bertz CT molecular complexity index is 1270. The minimum atomic E-state index is -0.408. The Kier molecular flexibility index (Phi) is 5.80. The fourth-order valence-corrected chi connectivity index (χ4v) is 3.40. The molecular weight excluding hydrogens is 397 g/mol. The van der Waals surface area contributed by atoms with Gasteiger partial charge in [-0.05, 0) is 43.5 Å². The minimum Gasteiger partial charge on any atom is -0.312 e. The first-order valence-corrected chi connectivity index (χ1v) is 9.97. The van der Waals surface area contributed by atoms with Gasteiger partial charge in [-0.25, -0.2) is 24.0 Å². The molecule has 0 amide bonds. The summed E-state index contributed by atoms with van der Waals surface area (Å²) in [6, 6.07) is 9.43. The fourth-order valence-electron chi connectivity index (χ4n) is 3.40. The summed E-state index contributed by atoms with van der Waals surface area (Å²) in [5, 5.41) is 13.4. The smallest absolute Gasteiger partial charge is 0.263 e. The summed E-state index contributed by atoms with van der Waals surface area (Å²) in [4.78, 5) is 26.7. The molecule has 0 aliphatic heterocycles. The normalized spacial score (nSPS) is 14.2. The number of rotatable bonds is 3. The molecule has 0 spiro atoms. The summed E-state index contributed by atoms with van der Waals surface area (Å²) in [7, 11) is 0. The summed E-state index contributed by atoms with van der Waals surface area (Å²) in [5.74, 6) is 1.37. The zero-order valence-electron chi connectivity index (χ0n) is 16.9. The minimum absolute atomic E-state index is 0.0216. The van der Waals surface area contributed by atoms with E-state index in [4.69, 9.17) is 5.26 Å². The quantitative estimate of drug-likeness (QED) is 0.546. The molecule has 1 saturated carbocycles. The van der Waals surface area contributed by atoms with Crippen LogP contribution < -0.4 is 5.56 Å². The molecule has 0 saturated heterocycles. The molecule has 5 rings (SSSR count). The highest BCUT2D eigenvalue weighted by Crippen LogP contribution is 2.33. The average molecular weight is 417 g/mol. The lowest BCUT2D eigenvalue weighted by atomic mass is 9.85. The van der Waals surface area contributed by atoms with Gasteiger partial charge in [-0.2, -0.15) is 10.4 Å². The van der Waals surface area contributed by atoms with Gasteiger partial charge in [-0.15, -0.1) is 0 Å². The van der Waals surface area contributed by atoms with Gasteiger partial charge in [0.05, 0.1) is 12.4 Å². The molecule has 9 heteroatoms. The van der Waals surface area contributed by atoms with E-state index in [2.05, 4.69) is 25.0 Å². The van der Waals surface area contributed by atoms with E-state index in [1.54, 1.807) is 12.1 Å². The number of fused-ring (bicyclic) bond motifs is 1. The van der Waals surface area contributed by atoms with Gasteiger partial charge in [-0.1, -0.05) is 18.6 Å². The summed E-state index contributed by atoms with van der Waals surface area (Å²) < 4.78 is 14.5. The van der Waals surface area contributed by atoms with Crippen LogP contribution in [0.15, 0.2) is 53.8 Å². The monoisotopic (exact) mass is 417 g/mol.